The standard InChI is InChI=1S/C19H28N2O2.ClH/c1-13(9-14-5-3-4-6-18(14)23-2)10-19(22)21-11-15-7-8-17(20)16(15)12-21;/h3-6,13,15-17H,7-12,20H2,1-2H3;1H. The van der Waals surface area contributed by atoms with Crippen molar-refractivity contribution in [3.63, 3.8) is 0 Å². The van der Waals surface area contributed by atoms with Crippen LogP contribution in [0.2, 0.25) is 0 Å². The Morgan fingerprint density at radius 1 is 1.33 bits per heavy atom. The van der Waals surface area contributed by atoms with Crippen LogP contribution < -0.4 is 10.5 Å². The van der Waals surface area contributed by atoms with E-state index in [0.29, 0.717) is 30.2 Å². The molecule has 2 N–H and O–H groups in total. The van der Waals surface area contributed by atoms with Crippen molar-refractivity contribution in [3.05, 3.63) is 29.8 Å². The van der Waals surface area contributed by atoms with Gasteiger partial charge in [0.25, 0.3) is 0 Å². The second-order valence-corrected chi connectivity index (χ2v) is 7.29. The third kappa shape index (κ3) is 4.04. The average molecular weight is 353 g/mol. The molecule has 4 nitrogen and oxygen atoms in total. The lowest BCUT2D eigenvalue weighted by atomic mass is 9.97. The zero-order chi connectivity index (χ0) is 16.4. The number of carbonyl (C=O) groups excluding carboxylic acids is 1. The molecule has 4 atom stereocenters. The number of nitrogens with zero attached hydrogens (tertiary/aromatic N) is 1. The first-order valence-corrected chi connectivity index (χ1v) is 8.73. The first-order chi connectivity index (χ1) is 11.1. The third-order valence-electron chi connectivity index (χ3n) is 5.55. The number of ether oxygens (including phenoxy) is 1. The summed E-state index contributed by atoms with van der Waals surface area (Å²) in [5, 5.41) is 0. The molecule has 2 fully saturated rings. The molecule has 3 rings (SSSR count). The van der Waals surface area contributed by atoms with Crippen LogP contribution in [0.5, 0.6) is 5.75 Å². The highest BCUT2D eigenvalue weighted by molar-refractivity contribution is 5.85. The van der Waals surface area contributed by atoms with Crippen molar-refractivity contribution in [2.45, 2.75) is 38.6 Å². The fourth-order valence-electron chi connectivity index (χ4n) is 4.26. The molecule has 0 aromatic heterocycles. The molecule has 0 bridgehead atoms. The maximum absolute atomic E-state index is 12.6. The Morgan fingerprint density at radius 2 is 2.08 bits per heavy atom. The first kappa shape index (κ1) is 19.1. The lowest BCUT2D eigenvalue weighted by Crippen LogP contribution is -2.34. The third-order valence-corrected chi connectivity index (χ3v) is 5.55. The number of para-hydroxylation sites is 1. The van der Waals surface area contributed by atoms with E-state index in [2.05, 4.69) is 13.0 Å². The molecular weight excluding hydrogens is 324 g/mol. The summed E-state index contributed by atoms with van der Waals surface area (Å²) < 4.78 is 5.40. The number of amides is 1. The van der Waals surface area contributed by atoms with Crippen LogP contribution in [0.4, 0.5) is 0 Å². The number of fused-ring (bicyclic) bond motifs is 1. The number of benzene rings is 1. The van der Waals surface area contributed by atoms with Gasteiger partial charge in [0.15, 0.2) is 0 Å². The van der Waals surface area contributed by atoms with E-state index in [4.69, 9.17) is 10.5 Å². The number of likely N-dealkylation sites (tertiary alicyclic amines) is 1. The van der Waals surface area contributed by atoms with Crippen LogP contribution in [-0.4, -0.2) is 37.0 Å². The van der Waals surface area contributed by atoms with Crippen LogP contribution in [-0.2, 0) is 11.2 Å². The maximum Gasteiger partial charge on any atom is 0.222 e. The van der Waals surface area contributed by atoms with Crippen molar-refractivity contribution in [1.29, 1.82) is 0 Å². The van der Waals surface area contributed by atoms with E-state index in [1.54, 1.807) is 7.11 Å². The minimum Gasteiger partial charge on any atom is -0.496 e. The van der Waals surface area contributed by atoms with Gasteiger partial charge in [0.05, 0.1) is 7.11 Å². The van der Waals surface area contributed by atoms with E-state index in [-0.39, 0.29) is 18.3 Å². The molecule has 1 saturated heterocycles. The lowest BCUT2D eigenvalue weighted by Gasteiger charge is -2.21. The van der Waals surface area contributed by atoms with Crippen LogP contribution in [0.15, 0.2) is 24.3 Å². The fourth-order valence-corrected chi connectivity index (χ4v) is 4.26. The van der Waals surface area contributed by atoms with Crippen molar-refractivity contribution >= 4 is 18.3 Å². The molecule has 0 radical (unpaired) electrons. The number of methoxy groups -OCH3 is 1. The molecule has 0 spiro atoms. The van der Waals surface area contributed by atoms with Gasteiger partial charge in [0.1, 0.15) is 5.75 Å². The SMILES string of the molecule is COc1ccccc1CC(C)CC(=O)N1CC2CCC(N)C2C1.Cl. The van der Waals surface area contributed by atoms with Crippen molar-refractivity contribution in [3.8, 4) is 5.75 Å². The number of hydrogen-bond donors (Lipinski definition) is 1. The highest BCUT2D eigenvalue weighted by atomic mass is 35.5. The van der Waals surface area contributed by atoms with Crippen molar-refractivity contribution in [1.82, 2.24) is 4.90 Å². The van der Waals surface area contributed by atoms with E-state index in [9.17, 15) is 4.79 Å². The fraction of sp³-hybridized carbons (Fsp3) is 0.632. The monoisotopic (exact) mass is 352 g/mol. The molecular formula is C19H29ClN2O2. The first-order valence-electron chi connectivity index (χ1n) is 8.73. The van der Waals surface area contributed by atoms with E-state index in [1.807, 2.05) is 23.1 Å². The molecule has 1 aromatic rings. The molecule has 1 aliphatic carbocycles. The minimum atomic E-state index is 0. The Morgan fingerprint density at radius 3 is 2.79 bits per heavy atom. The molecule has 1 heterocycles. The summed E-state index contributed by atoms with van der Waals surface area (Å²) >= 11 is 0. The second-order valence-electron chi connectivity index (χ2n) is 7.29. The van der Waals surface area contributed by atoms with Crippen LogP contribution >= 0.6 is 12.4 Å². The highest BCUT2D eigenvalue weighted by Crippen LogP contribution is 2.37. The predicted octanol–water partition coefficient (Wildman–Crippen LogP) is 2.88. The Balaban J connectivity index is 0.00000208. The van der Waals surface area contributed by atoms with Gasteiger partial charge in [-0.25, -0.2) is 0 Å². The van der Waals surface area contributed by atoms with Gasteiger partial charge in [-0.15, -0.1) is 12.4 Å². The highest BCUT2D eigenvalue weighted by Gasteiger charge is 2.42. The molecule has 1 aromatic carbocycles. The number of rotatable bonds is 5. The van der Waals surface area contributed by atoms with Crippen molar-refractivity contribution in [2.24, 2.45) is 23.5 Å². The average Bonchev–Trinajstić information content (AvgIpc) is 3.10. The number of carbonyl (C=O) groups is 1. The van der Waals surface area contributed by atoms with Crippen molar-refractivity contribution < 1.29 is 9.53 Å². The largest absolute Gasteiger partial charge is 0.496 e. The van der Waals surface area contributed by atoms with Gasteiger partial charge in [0.2, 0.25) is 5.91 Å². The van der Waals surface area contributed by atoms with Crippen LogP contribution in [0, 0.1) is 17.8 Å². The van der Waals surface area contributed by atoms with E-state index < -0.39 is 0 Å². The Bertz CT molecular complexity index is 566. The summed E-state index contributed by atoms with van der Waals surface area (Å²) in [4.78, 5) is 14.6. The van der Waals surface area contributed by atoms with Gasteiger partial charge in [-0.1, -0.05) is 25.1 Å². The summed E-state index contributed by atoms with van der Waals surface area (Å²) in [6.45, 7) is 3.93. The van der Waals surface area contributed by atoms with Gasteiger partial charge in [0, 0.05) is 25.6 Å². The quantitative estimate of drug-likeness (QED) is 0.886. The van der Waals surface area contributed by atoms with Crippen LogP contribution in [0.3, 0.4) is 0 Å². The Kier molecular flexibility index (Phi) is 6.53. The molecule has 2 aliphatic rings. The molecule has 134 valence electrons. The predicted molar refractivity (Wildman–Crippen MR) is 98.5 cm³/mol. The van der Waals surface area contributed by atoms with E-state index in [0.717, 1.165) is 31.7 Å². The summed E-state index contributed by atoms with van der Waals surface area (Å²) in [7, 11) is 1.70. The summed E-state index contributed by atoms with van der Waals surface area (Å²) in [6, 6.07) is 8.36. The van der Waals surface area contributed by atoms with Gasteiger partial charge < -0.3 is 15.4 Å². The van der Waals surface area contributed by atoms with Gasteiger partial charge in [-0.05, 0) is 48.6 Å². The van der Waals surface area contributed by atoms with Gasteiger partial charge in [-0.2, -0.15) is 0 Å². The maximum atomic E-state index is 12.6. The smallest absolute Gasteiger partial charge is 0.222 e. The van der Waals surface area contributed by atoms with Crippen LogP contribution in [0.25, 0.3) is 0 Å². The Labute approximate surface area is 151 Å². The van der Waals surface area contributed by atoms with Gasteiger partial charge >= 0.3 is 0 Å². The van der Waals surface area contributed by atoms with Crippen molar-refractivity contribution in [2.75, 3.05) is 20.2 Å². The number of halogens is 1. The normalized spacial score (nSPS) is 26.6. The lowest BCUT2D eigenvalue weighted by molar-refractivity contribution is -0.131. The molecule has 24 heavy (non-hydrogen) atoms. The minimum absolute atomic E-state index is 0. The molecule has 1 amide bonds. The summed E-state index contributed by atoms with van der Waals surface area (Å²) in [5.74, 6) is 2.68. The van der Waals surface area contributed by atoms with Crippen LogP contribution in [0.1, 0.15) is 31.7 Å². The Hall–Kier alpha value is -1.26. The number of hydrogen-bond acceptors (Lipinski definition) is 3. The second kappa shape index (κ2) is 8.21. The van der Waals surface area contributed by atoms with Gasteiger partial charge in [-0.3, -0.25) is 4.79 Å². The van der Waals surface area contributed by atoms with E-state index in [1.165, 1.54) is 12.0 Å². The molecule has 4 unspecified atom stereocenters. The molecule has 1 saturated carbocycles. The zero-order valence-corrected chi connectivity index (χ0v) is 15.4. The summed E-state index contributed by atoms with van der Waals surface area (Å²) in [6.07, 6.45) is 3.79. The molecule has 1 aliphatic heterocycles. The number of nitrogens with two attached hydrogens (primary N) is 1. The summed E-state index contributed by atoms with van der Waals surface area (Å²) in [5.41, 5.74) is 7.34. The zero-order valence-electron chi connectivity index (χ0n) is 14.6. The van der Waals surface area contributed by atoms with E-state index >= 15 is 0 Å². The molecule has 5 heteroatoms. The topological polar surface area (TPSA) is 55.6 Å².